The van der Waals surface area contributed by atoms with Gasteiger partial charge < -0.3 is 14.8 Å². The van der Waals surface area contributed by atoms with E-state index in [4.69, 9.17) is 21.1 Å². The van der Waals surface area contributed by atoms with Crippen molar-refractivity contribution < 1.29 is 14.3 Å². The highest BCUT2D eigenvalue weighted by atomic mass is 35.5. The quantitative estimate of drug-likeness (QED) is 0.566. The fourth-order valence-electron chi connectivity index (χ4n) is 2.80. The minimum atomic E-state index is -0.568. The number of amides is 1. The van der Waals surface area contributed by atoms with Gasteiger partial charge in [-0.25, -0.2) is 0 Å². The van der Waals surface area contributed by atoms with Gasteiger partial charge >= 0.3 is 0 Å². The van der Waals surface area contributed by atoms with Crippen molar-refractivity contribution >= 4 is 28.3 Å². The molecule has 1 amide bonds. The standard InChI is InChI=1S/C22H22ClNO3/c1-2-20(27-18-10-6-9-17(23)15-18)22(25)24-13-14-26-21-12-5-8-16-7-3-4-11-19(16)21/h3-12,15,20H,2,13-14H2,1H3,(H,24,25)/t20-/m1/s1. The summed E-state index contributed by atoms with van der Waals surface area (Å²) in [5.41, 5.74) is 0. The maximum absolute atomic E-state index is 12.4. The van der Waals surface area contributed by atoms with Crippen molar-refractivity contribution in [2.75, 3.05) is 13.2 Å². The summed E-state index contributed by atoms with van der Waals surface area (Å²) in [6, 6.07) is 21.0. The number of nitrogens with one attached hydrogen (secondary N) is 1. The van der Waals surface area contributed by atoms with Crippen LogP contribution in [-0.2, 0) is 4.79 Å². The fraction of sp³-hybridized carbons (Fsp3) is 0.227. The lowest BCUT2D eigenvalue weighted by atomic mass is 10.1. The van der Waals surface area contributed by atoms with Crippen molar-refractivity contribution in [3.63, 3.8) is 0 Å². The number of carbonyl (C=O) groups is 1. The predicted molar refractivity (Wildman–Crippen MR) is 109 cm³/mol. The molecule has 0 bridgehead atoms. The topological polar surface area (TPSA) is 47.6 Å². The van der Waals surface area contributed by atoms with E-state index in [1.54, 1.807) is 24.3 Å². The predicted octanol–water partition coefficient (Wildman–Crippen LogP) is 4.85. The molecule has 0 saturated heterocycles. The first-order valence-electron chi connectivity index (χ1n) is 8.98. The lowest BCUT2D eigenvalue weighted by Gasteiger charge is -2.17. The highest BCUT2D eigenvalue weighted by Crippen LogP contribution is 2.25. The Morgan fingerprint density at radius 2 is 1.85 bits per heavy atom. The van der Waals surface area contributed by atoms with E-state index in [1.165, 1.54) is 0 Å². The number of benzene rings is 3. The Morgan fingerprint density at radius 1 is 1.07 bits per heavy atom. The molecule has 0 radical (unpaired) electrons. The summed E-state index contributed by atoms with van der Waals surface area (Å²) >= 11 is 5.96. The monoisotopic (exact) mass is 383 g/mol. The molecule has 3 aromatic carbocycles. The second-order valence-corrected chi connectivity index (χ2v) is 6.53. The Labute approximate surface area is 164 Å². The van der Waals surface area contributed by atoms with E-state index in [9.17, 15) is 4.79 Å². The summed E-state index contributed by atoms with van der Waals surface area (Å²) in [5.74, 6) is 1.22. The number of rotatable bonds is 8. The molecular weight excluding hydrogens is 362 g/mol. The lowest BCUT2D eigenvalue weighted by Crippen LogP contribution is -2.39. The van der Waals surface area contributed by atoms with Gasteiger partial charge in [-0.1, -0.05) is 61.0 Å². The minimum Gasteiger partial charge on any atom is -0.491 e. The smallest absolute Gasteiger partial charge is 0.261 e. The molecule has 0 saturated carbocycles. The number of ether oxygens (including phenoxy) is 2. The van der Waals surface area contributed by atoms with Crippen LogP contribution in [0.1, 0.15) is 13.3 Å². The van der Waals surface area contributed by atoms with Gasteiger partial charge in [0.2, 0.25) is 0 Å². The average Bonchev–Trinajstić information content (AvgIpc) is 2.69. The van der Waals surface area contributed by atoms with Crippen LogP contribution >= 0.6 is 11.6 Å². The minimum absolute atomic E-state index is 0.168. The first-order chi connectivity index (χ1) is 13.2. The fourth-order valence-corrected chi connectivity index (χ4v) is 2.98. The number of halogens is 1. The van der Waals surface area contributed by atoms with Gasteiger partial charge in [0.1, 0.15) is 18.1 Å². The van der Waals surface area contributed by atoms with Crippen LogP contribution in [0.2, 0.25) is 5.02 Å². The summed E-state index contributed by atoms with van der Waals surface area (Å²) in [4.78, 5) is 12.4. The van der Waals surface area contributed by atoms with E-state index in [2.05, 4.69) is 5.32 Å². The van der Waals surface area contributed by atoms with Crippen molar-refractivity contribution in [3.8, 4) is 11.5 Å². The molecule has 1 N–H and O–H groups in total. The van der Waals surface area contributed by atoms with Gasteiger partial charge in [-0.05, 0) is 36.1 Å². The molecule has 0 fully saturated rings. The van der Waals surface area contributed by atoms with Crippen LogP contribution in [0.25, 0.3) is 10.8 Å². The van der Waals surface area contributed by atoms with Crippen LogP contribution in [0, 0.1) is 0 Å². The molecule has 0 spiro atoms. The summed E-state index contributed by atoms with van der Waals surface area (Å²) in [6.07, 6.45) is -0.0104. The third-order valence-corrected chi connectivity index (χ3v) is 4.38. The molecule has 3 aromatic rings. The van der Waals surface area contributed by atoms with Crippen molar-refractivity contribution in [2.24, 2.45) is 0 Å². The molecule has 0 aliphatic carbocycles. The van der Waals surface area contributed by atoms with Crippen molar-refractivity contribution in [1.29, 1.82) is 0 Å². The summed E-state index contributed by atoms with van der Waals surface area (Å²) in [5, 5.41) is 5.62. The molecule has 0 heterocycles. The van der Waals surface area contributed by atoms with E-state index in [0.29, 0.717) is 30.3 Å². The molecule has 0 unspecified atom stereocenters. The highest BCUT2D eigenvalue weighted by Gasteiger charge is 2.18. The van der Waals surface area contributed by atoms with Crippen LogP contribution in [0.15, 0.2) is 66.7 Å². The third kappa shape index (κ3) is 5.14. The van der Waals surface area contributed by atoms with Gasteiger partial charge in [0.05, 0.1) is 6.54 Å². The van der Waals surface area contributed by atoms with Crippen LogP contribution < -0.4 is 14.8 Å². The SMILES string of the molecule is CC[C@@H](Oc1cccc(Cl)c1)C(=O)NCCOc1cccc2ccccc12. The number of hydrogen-bond acceptors (Lipinski definition) is 3. The van der Waals surface area contributed by atoms with Gasteiger partial charge in [-0.15, -0.1) is 0 Å². The maximum atomic E-state index is 12.4. The molecule has 140 valence electrons. The summed E-state index contributed by atoms with van der Waals surface area (Å²) in [7, 11) is 0. The molecule has 0 aromatic heterocycles. The molecule has 5 heteroatoms. The zero-order valence-electron chi connectivity index (χ0n) is 15.2. The zero-order valence-corrected chi connectivity index (χ0v) is 15.9. The van der Waals surface area contributed by atoms with Gasteiger partial charge in [0, 0.05) is 10.4 Å². The van der Waals surface area contributed by atoms with Crippen LogP contribution in [0.4, 0.5) is 0 Å². The Morgan fingerprint density at radius 3 is 2.67 bits per heavy atom. The number of carbonyl (C=O) groups excluding carboxylic acids is 1. The number of fused-ring (bicyclic) bond motifs is 1. The van der Waals surface area contributed by atoms with Gasteiger partial charge in [0.15, 0.2) is 6.10 Å². The normalized spacial score (nSPS) is 11.8. The van der Waals surface area contributed by atoms with E-state index in [0.717, 1.165) is 16.5 Å². The van der Waals surface area contributed by atoms with E-state index in [-0.39, 0.29) is 5.91 Å². The van der Waals surface area contributed by atoms with E-state index in [1.807, 2.05) is 49.4 Å². The lowest BCUT2D eigenvalue weighted by molar-refractivity contribution is -0.128. The summed E-state index contributed by atoms with van der Waals surface area (Å²) < 4.78 is 11.6. The highest BCUT2D eigenvalue weighted by molar-refractivity contribution is 6.30. The molecule has 27 heavy (non-hydrogen) atoms. The Balaban J connectivity index is 1.51. The van der Waals surface area contributed by atoms with Crippen LogP contribution in [-0.4, -0.2) is 25.2 Å². The van der Waals surface area contributed by atoms with Crippen molar-refractivity contribution in [3.05, 3.63) is 71.8 Å². The van der Waals surface area contributed by atoms with Gasteiger partial charge in [-0.2, -0.15) is 0 Å². The van der Waals surface area contributed by atoms with E-state index < -0.39 is 6.10 Å². The van der Waals surface area contributed by atoms with Crippen molar-refractivity contribution in [1.82, 2.24) is 5.32 Å². The molecule has 0 aliphatic rings. The largest absolute Gasteiger partial charge is 0.491 e. The average molecular weight is 384 g/mol. The molecule has 3 rings (SSSR count). The van der Waals surface area contributed by atoms with Gasteiger partial charge in [0.25, 0.3) is 5.91 Å². The second-order valence-electron chi connectivity index (χ2n) is 6.09. The Kier molecular flexibility index (Phi) is 6.55. The first-order valence-corrected chi connectivity index (χ1v) is 9.35. The summed E-state index contributed by atoms with van der Waals surface area (Å²) in [6.45, 7) is 2.69. The number of hydrogen-bond donors (Lipinski definition) is 1. The molecule has 0 aliphatic heterocycles. The molecule has 1 atom stereocenters. The second kappa shape index (κ2) is 9.28. The van der Waals surface area contributed by atoms with Gasteiger partial charge in [-0.3, -0.25) is 4.79 Å². The molecular formula is C22H22ClNO3. The molecule has 4 nitrogen and oxygen atoms in total. The van der Waals surface area contributed by atoms with E-state index >= 15 is 0 Å². The third-order valence-electron chi connectivity index (χ3n) is 4.15. The first kappa shape index (κ1) is 19.1. The Hall–Kier alpha value is -2.72. The maximum Gasteiger partial charge on any atom is 0.261 e. The zero-order chi connectivity index (χ0) is 19.1. The van der Waals surface area contributed by atoms with Crippen LogP contribution in [0.5, 0.6) is 11.5 Å². The van der Waals surface area contributed by atoms with Crippen molar-refractivity contribution in [2.45, 2.75) is 19.4 Å². The van der Waals surface area contributed by atoms with Crippen LogP contribution in [0.3, 0.4) is 0 Å². The Bertz CT molecular complexity index is 907.